The van der Waals surface area contributed by atoms with Crippen LogP contribution in [0.3, 0.4) is 0 Å². The maximum atomic E-state index is 12.3. The Morgan fingerprint density at radius 2 is 1.85 bits per heavy atom. The molecule has 4 rings (SSSR count). The van der Waals surface area contributed by atoms with E-state index in [9.17, 15) is 13.2 Å². The number of para-hydroxylation sites is 1. The Hall–Kier alpha value is -2.77. The van der Waals surface area contributed by atoms with Gasteiger partial charge in [-0.3, -0.25) is 9.35 Å². The molecule has 7 heteroatoms. The molecule has 0 amide bonds. The molecule has 1 N–H and O–H groups in total. The van der Waals surface area contributed by atoms with Crippen LogP contribution < -0.4 is 5.56 Å². The van der Waals surface area contributed by atoms with Crippen molar-refractivity contribution in [2.75, 3.05) is 0 Å². The van der Waals surface area contributed by atoms with E-state index >= 15 is 0 Å². The van der Waals surface area contributed by atoms with Crippen molar-refractivity contribution >= 4 is 32.7 Å². The minimum atomic E-state index is -4.04. The van der Waals surface area contributed by atoms with Gasteiger partial charge in [0.05, 0.1) is 10.9 Å². The van der Waals surface area contributed by atoms with E-state index in [4.69, 9.17) is 4.55 Å². The Bertz CT molecular complexity index is 1190. The molecule has 2 heterocycles. The van der Waals surface area contributed by atoms with E-state index < -0.39 is 15.9 Å². The third-order valence-corrected chi connectivity index (χ3v) is 5.15. The molecule has 6 nitrogen and oxygen atoms in total. The Morgan fingerprint density at radius 3 is 2.58 bits per heavy atom. The van der Waals surface area contributed by atoms with Gasteiger partial charge in [-0.15, -0.1) is 0 Å². The van der Waals surface area contributed by atoms with E-state index in [1.54, 1.807) is 30.3 Å². The van der Waals surface area contributed by atoms with Gasteiger partial charge in [0.15, 0.2) is 0 Å². The van der Waals surface area contributed by atoms with Gasteiger partial charge in [-0.2, -0.15) is 13.4 Å². The molecule has 0 saturated carbocycles. The fourth-order valence-electron chi connectivity index (χ4n) is 3.29. The molecular formula is C19H16N2O4S. The first kappa shape index (κ1) is 16.7. The molecular weight excluding hydrogens is 352 g/mol. The lowest BCUT2D eigenvalue weighted by atomic mass is 10.1. The predicted molar refractivity (Wildman–Crippen MR) is 100 cm³/mol. The van der Waals surface area contributed by atoms with Gasteiger partial charge in [0.25, 0.3) is 15.7 Å². The Morgan fingerprint density at radius 1 is 1.12 bits per heavy atom. The zero-order valence-electron chi connectivity index (χ0n) is 13.8. The number of nitrogens with zero attached hydrogens (tertiary/aromatic N) is 2. The number of hydrogen-bond donors (Lipinski definition) is 1. The molecule has 0 saturated heterocycles. The van der Waals surface area contributed by atoms with Gasteiger partial charge in [-0.1, -0.05) is 36.4 Å². The number of rotatable bonds is 3. The summed E-state index contributed by atoms with van der Waals surface area (Å²) in [6.45, 7) is 0.760. The van der Waals surface area contributed by atoms with Gasteiger partial charge < -0.3 is 4.57 Å². The fourth-order valence-corrected chi connectivity index (χ4v) is 3.91. The summed E-state index contributed by atoms with van der Waals surface area (Å²) in [6, 6.07) is 14.3. The molecule has 1 aromatic heterocycles. The lowest BCUT2D eigenvalue weighted by Crippen LogP contribution is -2.14. The van der Waals surface area contributed by atoms with Crippen molar-refractivity contribution in [1.29, 1.82) is 0 Å². The third-order valence-electron chi connectivity index (χ3n) is 4.45. The smallest absolute Gasteiger partial charge is 0.281 e. The lowest BCUT2D eigenvalue weighted by Gasteiger charge is -2.07. The van der Waals surface area contributed by atoms with Crippen LogP contribution in [0.4, 0.5) is 0 Å². The first-order valence-electron chi connectivity index (χ1n) is 8.15. The largest absolute Gasteiger partial charge is 0.325 e. The van der Waals surface area contributed by atoms with E-state index in [1.165, 1.54) is 0 Å². The molecule has 1 aliphatic heterocycles. The molecule has 0 radical (unpaired) electrons. The van der Waals surface area contributed by atoms with Gasteiger partial charge in [0.1, 0.15) is 11.6 Å². The van der Waals surface area contributed by atoms with Crippen LogP contribution >= 0.6 is 0 Å². The van der Waals surface area contributed by atoms with Crippen LogP contribution in [0, 0.1) is 0 Å². The molecule has 0 bridgehead atoms. The van der Waals surface area contributed by atoms with Crippen LogP contribution in [-0.4, -0.2) is 22.5 Å². The maximum Gasteiger partial charge on any atom is 0.281 e. The quantitative estimate of drug-likeness (QED) is 0.718. The molecule has 1 aliphatic rings. The molecule has 132 valence electrons. The summed E-state index contributed by atoms with van der Waals surface area (Å²) < 4.78 is 32.8. The number of fused-ring (bicyclic) bond motifs is 3. The molecule has 2 aromatic carbocycles. The van der Waals surface area contributed by atoms with Crippen LogP contribution in [0.5, 0.6) is 0 Å². The summed E-state index contributed by atoms with van der Waals surface area (Å²) in [6.07, 6.45) is 2.73. The molecule has 0 fully saturated rings. The van der Waals surface area contributed by atoms with Crippen molar-refractivity contribution in [2.45, 2.75) is 18.7 Å². The molecule has 0 unspecified atom stereocenters. The average molecular weight is 368 g/mol. The number of benzene rings is 2. The van der Waals surface area contributed by atoms with Crippen LogP contribution in [0.1, 0.15) is 23.4 Å². The summed E-state index contributed by atoms with van der Waals surface area (Å²) in [5.74, 6) is 0.269. The van der Waals surface area contributed by atoms with Gasteiger partial charge in [-0.25, -0.2) is 0 Å². The normalized spacial score (nSPS) is 15.5. The molecule has 0 aliphatic carbocycles. The van der Waals surface area contributed by atoms with Crippen molar-refractivity contribution in [3.63, 3.8) is 0 Å². The standard InChI is InChI=1S/C19H16N2O4S/c22-19-16-3-1-2-4-17(16)21-10-9-15(18(21)20-19)11-13-5-7-14(8-6-13)12-26(23,24)25/h1-8,11H,9-10,12H2,(H,23,24,25)/b15-11+. The van der Waals surface area contributed by atoms with Gasteiger partial charge in [0, 0.05) is 6.54 Å². The second-order valence-electron chi connectivity index (χ2n) is 6.30. The average Bonchev–Trinajstić information content (AvgIpc) is 2.98. The van der Waals surface area contributed by atoms with Crippen molar-refractivity contribution in [3.8, 4) is 0 Å². The first-order valence-corrected chi connectivity index (χ1v) is 9.76. The van der Waals surface area contributed by atoms with E-state index in [0.29, 0.717) is 16.8 Å². The fraction of sp³-hybridized carbons (Fsp3) is 0.158. The van der Waals surface area contributed by atoms with Gasteiger partial charge >= 0.3 is 0 Å². The van der Waals surface area contributed by atoms with Crippen LogP contribution in [0.2, 0.25) is 0 Å². The van der Waals surface area contributed by atoms with Crippen molar-refractivity contribution < 1.29 is 13.0 Å². The highest BCUT2D eigenvalue weighted by Gasteiger charge is 2.20. The summed E-state index contributed by atoms with van der Waals surface area (Å²) in [7, 11) is -4.04. The summed E-state index contributed by atoms with van der Waals surface area (Å²) in [4.78, 5) is 16.5. The number of aryl methyl sites for hydroxylation is 1. The molecule has 0 atom stereocenters. The van der Waals surface area contributed by atoms with Crippen molar-refractivity contribution in [2.24, 2.45) is 0 Å². The van der Waals surface area contributed by atoms with E-state index in [-0.39, 0.29) is 5.56 Å². The van der Waals surface area contributed by atoms with Crippen LogP contribution in [-0.2, 0) is 22.4 Å². The monoisotopic (exact) mass is 368 g/mol. The zero-order chi connectivity index (χ0) is 18.3. The summed E-state index contributed by atoms with van der Waals surface area (Å²) in [5, 5.41) is 0.618. The Labute approximate surface area is 150 Å². The molecule has 0 spiro atoms. The van der Waals surface area contributed by atoms with Gasteiger partial charge in [-0.05, 0) is 41.3 Å². The number of allylic oxidation sites excluding steroid dienone is 1. The summed E-state index contributed by atoms with van der Waals surface area (Å²) >= 11 is 0. The highest BCUT2D eigenvalue weighted by atomic mass is 32.2. The van der Waals surface area contributed by atoms with Crippen molar-refractivity contribution in [1.82, 2.24) is 9.55 Å². The predicted octanol–water partition coefficient (Wildman–Crippen LogP) is 2.73. The van der Waals surface area contributed by atoms with Gasteiger partial charge in [0.2, 0.25) is 0 Å². The molecule has 26 heavy (non-hydrogen) atoms. The lowest BCUT2D eigenvalue weighted by molar-refractivity contribution is 0.482. The zero-order valence-corrected chi connectivity index (χ0v) is 14.6. The number of aromatic nitrogens is 2. The van der Waals surface area contributed by atoms with Crippen LogP contribution in [0.25, 0.3) is 22.6 Å². The third kappa shape index (κ3) is 3.18. The molecule has 3 aromatic rings. The minimum absolute atomic E-state index is 0.233. The van der Waals surface area contributed by atoms with Crippen LogP contribution in [0.15, 0.2) is 53.3 Å². The minimum Gasteiger partial charge on any atom is -0.325 e. The maximum absolute atomic E-state index is 12.3. The summed E-state index contributed by atoms with van der Waals surface area (Å²) in [5.41, 5.74) is 3.02. The SMILES string of the molecule is O=c1nc2n(c3ccccc13)CC/C2=C\c1ccc(CS(=O)(=O)O)cc1. The first-order chi connectivity index (χ1) is 12.4. The topological polar surface area (TPSA) is 89.3 Å². The Balaban J connectivity index is 1.72. The van der Waals surface area contributed by atoms with E-state index in [1.807, 2.05) is 24.3 Å². The van der Waals surface area contributed by atoms with E-state index in [0.717, 1.165) is 29.6 Å². The van der Waals surface area contributed by atoms with Crippen molar-refractivity contribution in [3.05, 3.63) is 75.8 Å². The highest BCUT2D eigenvalue weighted by molar-refractivity contribution is 7.85. The second kappa shape index (κ2) is 6.19. The highest BCUT2D eigenvalue weighted by Crippen LogP contribution is 2.29. The Kier molecular flexibility index (Phi) is 3.97. The van der Waals surface area contributed by atoms with E-state index in [2.05, 4.69) is 9.55 Å². The second-order valence-corrected chi connectivity index (χ2v) is 7.75. The number of hydrogen-bond acceptors (Lipinski definition) is 4.